The minimum absolute atomic E-state index is 0.175. The zero-order valence-electron chi connectivity index (χ0n) is 18.2. The van der Waals surface area contributed by atoms with Crippen molar-refractivity contribution in [2.75, 3.05) is 13.7 Å². The first-order valence-electron chi connectivity index (χ1n) is 10.8. The molecule has 0 radical (unpaired) electrons. The van der Waals surface area contributed by atoms with Crippen LogP contribution in [0.5, 0.6) is 5.75 Å². The van der Waals surface area contributed by atoms with Gasteiger partial charge in [0, 0.05) is 46.3 Å². The highest BCUT2D eigenvalue weighted by molar-refractivity contribution is 6.06. The Morgan fingerprint density at radius 2 is 1.64 bits per heavy atom. The van der Waals surface area contributed by atoms with Gasteiger partial charge in [0.25, 0.3) is 11.5 Å². The van der Waals surface area contributed by atoms with E-state index in [1.807, 2.05) is 36.5 Å². The van der Waals surface area contributed by atoms with Crippen molar-refractivity contribution in [3.8, 4) is 11.4 Å². The molecule has 2 N–H and O–H groups in total. The van der Waals surface area contributed by atoms with Crippen LogP contribution in [0.3, 0.4) is 0 Å². The van der Waals surface area contributed by atoms with Crippen LogP contribution in [-0.2, 0) is 6.42 Å². The summed E-state index contributed by atoms with van der Waals surface area (Å²) in [5.74, 6) is 0.483. The Kier molecular flexibility index (Phi) is 5.40. The number of nitrogens with zero attached hydrogens (tertiary/aromatic N) is 1. The number of ether oxygens (including phenoxy) is 1. The van der Waals surface area contributed by atoms with Gasteiger partial charge in [-0.1, -0.05) is 36.4 Å². The minimum atomic E-state index is -0.215. The number of methoxy groups -OCH3 is 1. The van der Waals surface area contributed by atoms with Gasteiger partial charge in [0.1, 0.15) is 5.75 Å². The van der Waals surface area contributed by atoms with Crippen molar-refractivity contribution >= 4 is 27.6 Å². The number of aromatic nitrogens is 2. The van der Waals surface area contributed by atoms with E-state index in [-0.39, 0.29) is 11.5 Å². The fourth-order valence-corrected chi connectivity index (χ4v) is 4.15. The Labute approximate surface area is 190 Å². The van der Waals surface area contributed by atoms with Crippen molar-refractivity contribution in [3.63, 3.8) is 0 Å². The molecule has 0 aliphatic heterocycles. The highest BCUT2D eigenvalue weighted by Crippen LogP contribution is 2.20. The fraction of sp³-hybridized carbons (Fsp3) is 0.111. The largest absolute Gasteiger partial charge is 0.497 e. The minimum Gasteiger partial charge on any atom is -0.497 e. The van der Waals surface area contributed by atoms with E-state index in [1.165, 1.54) is 4.57 Å². The number of hydrogen-bond donors (Lipinski definition) is 2. The zero-order valence-corrected chi connectivity index (χ0v) is 18.2. The maximum absolute atomic E-state index is 13.2. The first-order chi connectivity index (χ1) is 16.2. The summed E-state index contributed by atoms with van der Waals surface area (Å²) in [5.41, 5.74) is 3.18. The molecule has 0 spiro atoms. The molecule has 0 unspecified atom stereocenters. The lowest BCUT2D eigenvalue weighted by atomic mass is 10.1. The number of nitrogens with one attached hydrogen (secondary N) is 2. The van der Waals surface area contributed by atoms with E-state index in [1.54, 1.807) is 49.7 Å². The molecule has 0 saturated carbocycles. The number of benzene rings is 3. The normalized spacial score (nSPS) is 11.1. The Morgan fingerprint density at radius 3 is 2.39 bits per heavy atom. The first-order valence-corrected chi connectivity index (χ1v) is 10.8. The average Bonchev–Trinajstić information content (AvgIpc) is 3.27. The van der Waals surface area contributed by atoms with Crippen LogP contribution >= 0.6 is 0 Å². The first kappa shape index (κ1) is 20.6. The van der Waals surface area contributed by atoms with E-state index < -0.39 is 0 Å². The van der Waals surface area contributed by atoms with Gasteiger partial charge in [-0.2, -0.15) is 0 Å². The van der Waals surface area contributed by atoms with Crippen molar-refractivity contribution < 1.29 is 9.53 Å². The molecule has 0 atom stereocenters. The van der Waals surface area contributed by atoms with Gasteiger partial charge < -0.3 is 15.0 Å². The predicted molar refractivity (Wildman–Crippen MR) is 130 cm³/mol. The van der Waals surface area contributed by atoms with Crippen LogP contribution in [-0.4, -0.2) is 29.1 Å². The summed E-state index contributed by atoms with van der Waals surface area (Å²) in [4.78, 5) is 29.6. The maximum atomic E-state index is 13.2. The fourth-order valence-electron chi connectivity index (χ4n) is 4.15. The number of para-hydroxylation sites is 1. The third-order valence-electron chi connectivity index (χ3n) is 5.87. The summed E-state index contributed by atoms with van der Waals surface area (Å²) in [6, 6.07) is 22.5. The second kappa shape index (κ2) is 8.67. The molecule has 164 valence electrons. The number of hydrogen-bond acceptors (Lipinski definition) is 3. The van der Waals surface area contributed by atoms with Crippen molar-refractivity contribution in [1.82, 2.24) is 14.9 Å². The van der Waals surface area contributed by atoms with Gasteiger partial charge in [0.15, 0.2) is 0 Å². The lowest BCUT2D eigenvalue weighted by Crippen LogP contribution is -2.28. The van der Waals surface area contributed by atoms with E-state index in [9.17, 15) is 9.59 Å². The molecule has 5 aromatic rings. The Morgan fingerprint density at radius 1 is 0.939 bits per heavy atom. The molecule has 3 aromatic carbocycles. The molecule has 2 heterocycles. The second-order valence-corrected chi connectivity index (χ2v) is 7.83. The van der Waals surface area contributed by atoms with Crippen molar-refractivity contribution in [1.29, 1.82) is 0 Å². The van der Waals surface area contributed by atoms with Crippen LogP contribution in [0.2, 0.25) is 0 Å². The van der Waals surface area contributed by atoms with Crippen LogP contribution in [0, 0.1) is 0 Å². The Balaban J connectivity index is 1.45. The Hall–Kier alpha value is -4.32. The van der Waals surface area contributed by atoms with Crippen molar-refractivity contribution in [2.45, 2.75) is 6.42 Å². The molecule has 0 bridgehead atoms. The van der Waals surface area contributed by atoms with Crippen LogP contribution in [0.1, 0.15) is 15.9 Å². The lowest BCUT2D eigenvalue weighted by Gasteiger charge is -2.13. The molecule has 0 saturated heterocycles. The van der Waals surface area contributed by atoms with Gasteiger partial charge in [-0.05, 0) is 48.4 Å². The summed E-state index contributed by atoms with van der Waals surface area (Å²) >= 11 is 0. The standard InChI is InChI=1S/C27H23N3O3/c1-33-20-12-10-19(11-13-20)30-17-24(22-7-2-3-8-23(22)27(30)32)26(31)28-15-14-18-16-29-25-9-5-4-6-21(18)25/h2-13,16-17,29H,14-15H2,1H3,(H,28,31). The molecule has 1 amide bonds. The zero-order chi connectivity index (χ0) is 22.8. The molecule has 33 heavy (non-hydrogen) atoms. The van der Waals surface area contributed by atoms with Gasteiger partial charge in [0.05, 0.1) is 12.7 Å². The van der Waals surface area contributed by atoms with Crippen molar-refractivity contribution in [3.05, 3.63) is 107 Å². The molecule has 0 aliphatic rings. The lowest BCUT2D eigenvalue weighted by molar-refractivity contribution is 0.0955. The maximum Gasteiger partial charge on any atom is 0.262 e. The summed E-state index contributed by atoms with van der Waals surface area (Å²) < 4.78 is 6.73. The molecule has 6 nitrogen and oxygen atoms in total. The number of carbonyl (C=O) groups is 1. The number of rotatable bonds is 6. The number of amides is 1. The molecule has 0 aliphatic carbocycles. The van der Waals surface area contributed by atoms with Crippen molar-refractivity contribution in [2.24, 2.45) is 0 Å². The third kappa shape index (κ3) is 3.87. The molecular formula is C27H23N3O3. The highest BCUT2D eigenvalue weighted by Gasteiger charge is 2.15. The quantitative estimate of drug-likeness (QED) is 0.412. The molecule has 0 fully saturated rings. The van der Waals surface area contributed by atoms with E-state index in [4.69, 9.17) is 4.74 Å². The second-order valence-electron chi connectivity index (χ2n) is 7.83. The monoisotopic (exact) mass is 437 g/mol. The topological polar surface area (TPSA) is 76.1 Å². The summed E-state index contributed by atoms with van der Waals surface area (Å²) in [5, 5.41) is 5.31. The summed E-state index contributed by atoms with van der Waals surface area (Å²) in [6.07, 6.45) is 4.30. The predicted octanol–water partition coefficient (Wildman–Crippen LogP) is 4.45. The summed E-state index contributed by atoms with van der Waals surface area (Å²) in [7, 11) is 1.59. The number of fused-ring (bicyclic) bond motifs is 2. The molecule has 6 heteroatoms. The van der Waals surface area contributed by atoms with Gasteiger partial charge in [0.2, 0.25) is 0 Å². The number of carbonyl (C=O) groups excluding carboxylic acids is 1. The van der Waals surface area contributed by atoms with Gasteiger partial charge in [-0.15, -0.1) is 0 Å². The molecule has 5 rings (SSSR count). The van der Waals surface area contributed by atoms with Crippen LogP contribution in [0.25, 0.3) is 27.4 Å². The Bertz CT molecular complexity index is 1510. The van der Waals surface area contributed by atoms with Gasteiger partial charge in [-0.3, -0.25) is 14.2 Å². The van der Waals surface area contributed by atoms with Gasteiger partial charge in [-0.25, -0.2) is 0 Å². The van der Waals surface area contributed by atoms with E-state index >= 15 is 0 Å². The van der Waals surface area contributed by atoms with Gasteiger partial charge >= 0.3 is 0 Å². The smallest absolute Gasteiger partial charge is 0.262 e. The number of pyridine rings is 1. The number of H-pyrrole nitrogens is 1. The van der Waals surface area contributed by atoms with E-state index in [2.05, 4.69) is 16.4 Å². The van der Waals surface area contributed by atoms with Crippen LogP contribution in [0.4, 0.5) is 0 Å². The molecule has 2 aromatic heterocycles. The van der Waals surface area contributed by atoms with E-state index in [0.717, 1.165) is 16.5 Å². The SMILES string of the molecule is COc1ccc(-n2cc(C(=O)NCCc3c[nH]c4ccccc34)c3ccccc3c2=O)cc1. The van der Waals surface area contributed by atoms with E-state index in [0.29, 0.717) is 40.7 Å². The number of aromatic amines is 1. The van der Waals surface area contributed by atoms with Crippen LogP contribution in [0.15, 0.2) is 90.0 Å². The van der Waals surface area contributed by atoms with Crippen LogP contribution < -0.4 is 15.6 Å². The summed E-state index contributed by atoms with van der Waals surface area (Å²) in [6.45, 7) is 0.483. The highest BCUT2D eigenvalue weighted by atomic mass is 16.5. The third-order valence-corrected chi connectivity index (χ3v) is 5.87. The molecular weight excluding hydrogens is 414 g/mol. The average molecular weight is 437 g/mol.